The highest BCUT2D eigenvalue weighted by atomic mass is 15.0. The van der Waals surface area contributed by atoms with Crippen molar-refractivity contribution in [2.45, 2.75) is 19.3 Å². The van der Waals surface area contributed by atoms with Crippen molar-refractivity contribution in [1.82, 2.24) is 15.0 Å². The Balaban J connectivity index is 1.16. The summed E-state index contributed by atoms with van der Waals surface area (Å²) in [5, 5.41) is 2.58. The summed E-state index contributed by atoms with van der Waals surface area (Å²) in [6.45, 7) is 4.67. The summed E-state index contributed by atoms with van der Waals surface area (Å²) in [5.41, 5.74) is 12.6. The van der Waals surface area contributed by atoms with Gasteiger partial charge < -0.3 is 0 Å². The van der Waals surface area contributed by atoms with Crippen LogP contribution >= 0.6 is 0 Å². The molecule has 1 aliphatic carbocycles. The van der Waals surface area contributed by atoms with E-state index < -0.39 is 0 Å². The van der Waals surface area contributed by atoms with Gasteiger partial charge in [0, 0.05) is 22.1 Å². The van der Waals surface area contributed by atoms with Crippen molar-refractivity contribution in [3.05, 3.63) is 175 Å². The maximum atomic E-state index is 5.12. The SMILES string of the molecule is CC1(C)c2cc(-c3nc(-c4ccc(-c5ccccc5)cc4)nc(-c4ccc(-c5ccccc5)cc4)n3)ccc2-c2ccc3ccccc3c21. The molecule has 0 saturated heterocycles. The molecule has 0 unspecified atom stereocenters. The molecule has 1 heterocycles. The maximum Gasteiger partial charge on any atom is 0.164 e. The molecule has 9 rings (SSSR count). The fourth-order valence-electron chi connectivity index (χ4n) is 7.39. The Hall–Kier alpha value is -6.19. The number of hydrogen-bond acceptors (Lipinski definition) is 3. The Bertz CT molecular complexity index is 2380. The third-order valence-corrected chi connectivity index (χ3v) is 9.93. The number of hydrogen-bond donors (Lipinski definition) is 0. The predicted molar refractivity (Wildman–Crippen MR) is 202 cm³/mol. The van der Waals surface area contributed by atoms with E-state index in [9.17, 15) is 0 Å². The molecule has 0 bridgehead atoms. The number of aromatic nitrogens is 3. The van der Waals surface area contributed by atoms with E-state index in [2.05, 4.69) is 166 Å². The van der Waals surface area contributed by atoms with Crippen LogP contribution in [0.15, 0.2) is 164 Å². The van der Waals surface area contributed by atoms with Gasteiger partial charge in [-0.3, -0.25) is 0 Å². The smallest absolute Gasteiger partial charge is 0.164 e. The van der Waals surface area contributed by atoms with Crippen LogP contribution in [0.5, 0.6) is 0 Å². The monoisotopic (exact) mass is 627 g/mol. The van der Waals surface area contributed by atoms with E-state index in [-0.39, 0.29) is 5.41 Å². The fraction of sp³-hybridized carbons (Fsp3) is 0.0652. The minimum atomic E-state index is -0.180. The lowest BCUT2D eigenvalue weighted by Gasteiger charge is -2.23. The Morgan fingerprint density at radius 1 is 0.367 bits per heavy atom. The van der Waals surface area contributed by atoms with E-state index in [0.717, 1.165) is 27.8 Å². The van der Waals surface area contributed by atoms with Crippen LogP contribution in [0.25, 0.3) is 78.3 Å². The largest absolute Gasteiger partial charge is 0.208 e. The second-order valence-corrected chi connectivity index (χ2v) is 13.3. The summed E-state index contributed by atoms with van der Waals surface area (Å²) in [6, 6.07) is 57.8. The third-order valence-electron chi connectivity index (χ3n) is 9.93. The summed E-state index contributed by atoms with van der Waals surface area (Å²) < 4.78 is 0. The molecule has 7 aromatic carbocycles. The van der Waals surface area contributed by atoms with Crippen molar-refractivity contribution in [3.8, 4) is 67.5 Å². The summed E-state index contributed by atoms with van der Waals surface area (Å²) in [7, 11) is 0. The Morgan fingerprint density at radius 3 is 1.37 bits per heavy atom. The first kappa shape index (κ1) is 29.0. The van der Waals surface area contributed by atoms with Crippen LogP contribution in [0.4, 0.5) is 0 Å². The van der Waals surface area contributed by atoms with Crippen LogP contribution in [0.1, 0.15) is 25.0 Å². The fourth-order valence-corrected chi connectivity index (χ4v) is 7.39. The van der Waals surface area contributed by atoms with E-state index in [0.29, 0.717) is 17.5 Å². The minimum absolute atomic E-state index is 0.180. The Morgan fingerprint density at radius 2 is 0.796 bits per heavy atom. The van der Waals surface area contributed by atoms with Crippen LogP contribution in [0, 0.1) is 0 Å². The van der Waals surface area contributed by atoms with E-state index in [1.165, 1.54) is 44.2 Å². The molecule has 0 aliphatic heterocycles. The van der Waals surface area contributed by atoms with Gasteiger partial charge in [0.15, 0.2) is 17.5 Å². The number of nitrogens with zero attached hydrogens (tertiary/aromatic N) is 3. The lowest BCUT2D eigenvalue weighted by atomic mass is 9.80. The molecule has 0 spiro atoms. The lowest BCUT2D eigenvalue weighted by Crippen LogP contribution is -2.15. The predicted octanol–water partition coefficient (Wildman–Crippen LogP) is 11.7. The van der Waals surface area contributed by atoms with Crippen LogP contribution in [0.3, 0.4) is 0 Å². The minimum Gasteiger partial charge on any atom is -0.208 e. The van der Waals surface area contributed by atoms with Gasteiger partial charge in [0.05, 0.1) is 0 Å². The first-order chi connectivity index (χ1) is 24.0. The van der Waals surface area contributed by atoms with Crippen LogP contribution < -0.4 is 0 Å². The topological polar surface area (TPSA) is 38.7 Å². The molecule has 232 valence electrons. The van der Waals surface area contributed by atoms with Crippen LogP contribution in [-0.4, -0.2) is 15.0 Å². The Kier molecular flexibility index (Phi) is 6.80. The van der Waals surface area contributed by atoms with Gasteiger partial charge in [-0.05, 0) is 61.3 Å². The molecular weight excluding hydrogens is 595 g/mol. The van der Waals surface area contributed by atoms with Gasteiger partial charge in [0.2, 0.25) is 0 Å². The van der Waals surface area contributed by atoms with E-state index in [1.807, 2.05) is 12.1 Å². The molecule has 1 aliphatic rings. The number of benzene rings is 7. The van der Waals surface area contributed by atoms with Gasteiger partial charge in [0.25, 0.3) is 0 Å². The van der Waals surface area contributed by atoms with Gasteiger partial charge in [-0.1, -0.05) is 172 Å². The van der Waals surface area contributed by atoms with Gasteiger partial charge >= 0.3 is 0 Å². The van der Waals surface area contributed by atoms with Crippen molar-refractivity contribution >= 4 is 10.8 Å². The zero-order valence-electron chi connectivity index (χ0n) is 27.4. The second-order valence-electron chi connectivity index (χ2n) is 13.3. The van der Waals surface area contributed by atoms with Crippen molar-refractivity contribution in [2.24, 2.45) is 0 Å². The average molecular weight is 628 g/mol. The summed E-state index contributed by atoms with van der Waals surface area (Å²) >= 11 is 0. The second kappa shape index (κ2) is 11.5. The Labute approximate surface area is 286 Å². The molecule has 0 amide bonds. The zero-order valence-corrected chi connectivity index (χ0v) is 27.4. The highest BCUT2D eigenvalue weighted by molar-refractivity contribution is 5.97. The van der Waals surface area contributed by atoms with Gasteiger partial charge in [0.1, 0.15) is 0 Å². The molecule has 3 nitrogen and oxygen atoms in total. The van der Waals surface area contributed by atoms with Gasteiger partial charge in [-0.25, -0.2) is 15.0 Å². The van der Waals surface area contributed by atoms with E-state index in [1.54, 1.807) is 0 Å². The average Bonchev–Trinajstić information content (AvgIpc) is 3.41. The summed E-state index contributed by atoms with van der Waals surface area (Å²) in [6.07, 6.45) is 0. The standard InChI is InChI=1S/C46H33N3/c1-46(2)41-29-37(26-27-39(41)40-28-25-34-15-9-10-16-38(34)42(40)46)45-48-43(35-21-17-32(18-22-35)30-11-5-3-6-12-30)47-44(49-45)36-23-19-33(20-24-36)31-13-7-4-8-14-31/h3-29H,1-2H3. The molecule has 8 aromatic rings. The van der Waals surface area contributed by atoms with Gasteiger partial charge in [-0.2, -0.15) is 0 Å². The molecule has 0 atom stereocenters. The molecule has 0 saturated carbocycles. The lowest BCUT2D eigenvalue weighted by molar-refractivity contribution is 0.666. The maximum absolute atomic E-state index is 5.12. The quantitative estimate of drug-likeness (QED) is 0.191. The number of fused-ring (bicyclic) bond motifs is 5. The molecule has 3 heteroatoms. The third kappa shape index (κ3) is 5.03. The molecule has 0 radical (unpaired) electrons. The zero-order chi connectivity index (χ0) is 33.0. The van der Waals surface area contributed by atoms with Crippen molar-refractivity contribution in [3.63, 3.8) is 0 Å². The molecule has 0 N–H and O–H groups in total. The first-order valence-electron chi connectivity index (χ1n) is 16.8. The van der Waals surface area contributed by atoms with E-state index in [4.69, 9.17) is 15.0 Å². The van der Waals surface area contributed by atoms with Crippen molar-refractivity contribution in [1.29, 1.82) is 0 Å². The van der Waals surface area contributed by atoms with Gasteiger partial charge in [-0.15, -0.1) is 0 Å². The highest BCUT2D eigenvalue weighted by Crippen LogP contribution is 2.52. The molecule has 49 heavy (non-hydrogen) atoms. The number of rotatable bonds is 5. The molecule has 0 fully saturated rings. The van der Waals surface area contributed by atoms with Crippen LogP contribution in [-0.2, 0) is 5.41 Å². The van der Waals surface area contributed by atoms with Crippen molar-refractivity contribution in [2.75, 3.05) is 0 Å². The summed E-state index contributed by atoms with van der Waals surface area (Å²) in [5.74, 6) is 1.97. The molecular formula is C46H33N3. The first-order valence-corrected chi connectivity index (χ1v) is 16.8. The normalized spacial score (nSPS) is 12.9. The highest BCUT2D eigenvalue weighted by Gasteiger charge is 2.37. The van der Waals surface area contributed by atoms with E-state index >= 15 is 0 Å². The van der Waals surface area contributed by atoms with Crippen LogP contribution in [0.2, 0.25) is 0 Å². The summed E-state index contributed by atoms with van der Waals surface area (Å²) in [4.78, 5) is 15.3. The van der Waals surface area contributed by atoms with Crippen molar-refractivity contribution < 1.29 is 0 Å². The molecule has 1 aromatic heterocycles.